The number of aromatic nitrogens is 2. The molecule has 0 bridgehead atoms. The van der Waals surface area contributed by atoms with E-state index in [1.165, 1.54) is 13.2 Å². The van der Waals surface area contributed by atoms with Crippen LogP contribution < -0.4 is 30.7 Å². The van der Waals surface area contributed by atoms with Crippen molar-refractivity contribution in [2.75, 3.05) is 49.8 Å². The van der Waals surface area contributed by atoms with Crippen molar-refractivity contribution in [2.45, 2.75) is 25.6 Å². The Morgan fingerprint density at radius 2 is 1.82 bits per heavy atom. The summed E-state index contributed by atoms with van der Waals surface area (Å²) in [6, 6.07) is 7.14. The number of halogens is 3. The molecule has 1 saturated heterocycles. The summed E-state index contributed by atoms with van der Waals surface area (Å²) in [6.07, 6.45) is -3.58. The molecule has 1 aliphatic heterocycles. The van der Waals surface area contributed by atoms with Gasteiger partial charge in [0.2, 0.25) is 5.95 Å². The second-order valence-corrected chi connectivity index (χ2v) is 8.05. The second-order valence-electron chi connectivity index (χ2n) is 8.05. The molecule has 8 nitrogen and oxygen atoms in total. The van der Waals surface area contributed by atoms with Gasteiger partial charge in [0, 0.05) is 42.0 Å². The van der Waals surface area contributed by atoms with Gasteiger partial charge in [-0.05, 0) is 37.2 Å². The molecule has 1 aliphatic rings. The lowest BCUT2D eigenvalue weighted by atomic mass is 10.1. The molecule has 0 saturated carbocycles. The molecule has 0 spiro atoms. The molecule has 2 aromatic carbocycles. The first-order valence-electron chi connectivity index (χ1n) is 10.9. The highest BCUT2D eigenvalue weighted by Gasteiger charge is 2.31. The van der Waals surface area contributed by atoms with E-state index in [9.17, 15) is 13.2 Å². The summed E-state index contributed by atoms with van der Waals surface area (Å²) in [4.78, 5) is 11.4. The number of hydrogen-bond acceptors (Lipinski definition) is 8. The van der Waals surface area contributed by atoms with E-state index in [1.807, 2.05) is 6.07 Å². The summed E-state index contributed by atoms with van der Waals surface area (Å²) in [5, 5.41) is 7.10. The minimum Gasteiger partial charge on any atom is -0.493 e. The summed E-state index contributed by atoms with van der Waals surface area (Å²) in [6.45, 7) is 4.43. The quantitative estimate of drug-likeness (QED) is 0.437. The van der Waals surface area contributed by atoms with E-state index >= 15 is 0 Å². The summed E-state index contributed by atoms with van der Waals surface area (Å²) < 4.78 is 50.7. The Labute approximate surface area is 195 Å². The first-order chi connectivity index (χ1) is 16.2. The fourth-order valence-electron chi connectivity index (χ4n) is 4.16. The molecule has 182 valence electrons. The van der Waals surface area contributed by atoms with Gasteiger partial charge in [-0.2, -0.15) is 18.2 Å². The van der Waals surface area contributed by atoms with Crippen molar-refractivity contribution in [1.82, 2.24) is 15.3 Å². The molecular weight excluding hydrogens is 449 g/mol. The van der Waals surface area contributed by atoms with Crippen molar-refractivity contribution >= 4 is 34.0 Å². The van der Waals surface area contributed by atoms with Crippen LogP contribution in [0.25, 0.3) is 10.9 Å². The fraction of sp³-hybridized carbons (Fsp3) is 0.391. The van der Waals surface area contributed by atoms with Gasteiger partial charge in [-0.3, -0.25) is 0 Å². The SMILES string of the molecule is CCN[C@H]1CCN(c2nc(Nc3cc(N)cc(C(F)(F)F)c3)nc3cc(OC)c(OC)cc23)C1. The molecule has 0 amide bonds. The van der Waals surface area contributed by atoms with Gasteiger partial charge in [0.15, 0.2) is 11.5 Å². The van der Waals surface area contributed by atoms with Crippen LogP contribution >= 0.6 is 0 Å². The molecule has 1 atom stereocenters. The zero-order valence-electron chi connectivity index (χ0n) is 19.2. The lowest BCUT2D eigenvalue weighted by Gasteiger charge is -2.21. The van der Waals surface area contributed by atoms with Crippen LogP contribution in [0.4, 0.5) is 36.3 Å². The van der Waals surface area contributed by atoms with E-state index in [4.69, 9.17) is 15.2 Å². The van der Waals surface area contributed by atoms with Crippen molar-refractivity contribution in [1.29, 1.82) is 0 Å². The van der Waals surface area contributed by atoms with Gasteiger partial charge in [-0.15, -0.1) is 0 Å². The summed E-state index contributed by atoms with van der Waals surface area (Å²) in [5.74, 6) is 1.84. The molecule has 3 aromatic rings. The smallest absolute Gasteiger partial charge is 0.416 e. The number of ether oxygens (including phenoxy) is 2. The zero-order chi connectivity index (χ0) is 24.5. The Kier molecular flexibility index (Phi) is 6.56. The number of fused-ring (bicyclic) bond motifs is 1. The number of benzene rings is 2. The van der Waals surface area contributed by atoms with Crippen molar-refractivity contribution in [2.24, 2.45) is 0 Å². The van der Waals surface area contributed by atoms with Crippen LogP contribution in [-0.2, 0) is 6.18 Å². The summed E-state index contributed by atoms with van der Waals surface area (Å²) >= 11 is 0. The number of anilines is 4. The van der Waals surface area contributed by atoms with E-state index in [-0.39, 0.29) is 17.3 Å². The van der Waals surface area contributed by atoms with Crippen molar-refractivity contribution in [3.05, 3.63) is 35.9 Å². The van der Waals surface area contributed by atoms with Crippen molar-refractivity contribution in [3.8, 4) is 11.5 Å². The van der Waals surface area contributed by atoms with Crippen LogP contribution in [0.5, 0.6) is 11.5 Å². The molecular formula is C23H27F3N6O2. The average Bonchev–Trinajstić information content (AvgIpc) is 3.25. The van der Waals surface area contributed by atoms with Gasteiger partial charge in [-0.1, -0.05) is 6.92 Å². The molecule has 0 radical (unpaired) electrons. The lowest BCUT2D eigenvalue weighted by Crippen LogP contribution is -2.32. The van der Waals surface area contributed by atoms with E-state index in [2.05, 4.69) is 32.4 Å². The van der Waals surface area contributed by atoms with Gasteiger partial charge in [0.1, 0.15) is 5.82 Å². The van der Waals surface area contributed by atoms with Gasteiger partial charge in [-0.25, -0.2) is 4.98 Å². The maximum absolute atomic E-state index is 13.3. The maximum atomic E-state index is 13.3. The number of nitrogens with two attached hydrogens (primary N) is 1. The van der Waals surface area contributed by atoms with Crippen molar-refractivity contribution < 1.29 is 22.6 Å². The number of likely N-dealkylation sites (N-methyl/N-ethyl adjacent to an activating group) is 1. The van der Waals surface area contributed by atoms with Crippen molar-refractivity contribution in [3.63, 3.8) is 0 Å². The van der Waals surface area contributed by atoms with Crippen LogP contribution in [0, 0.1) is 0 Å². The molecule has 1 fully saturated rings. The first-order valence-corrected chi connectivity index (χ1v) is 10.9. The molecule has 1 aromatic heterocycles. The van der Waals surface area contributed by atoms with Gasteiger partial charge in [0.05, 0.1) is 25.3 Å². The predicted octanol–water partition coefficient (Wildman–Crippen LogP) is 4.18. The van der Waals surface area contributed by atoms with Crippen LogP contribution in [0.2, 0.25) is 0 Å². The first kappa shape index (κ1) is 23.7. The topological polar surface area (TPSA) is 97.6 Å². The van der Waals surface area contributed by atoms with Gasteiger partial charge in [0.25, 0.3) is 0 Å². The summed E-state index contributed by atoms with van der Waals surface area (Å²) in [7, 11) is 3.08. The van der Waals surface area contributed by atoms with Crippen LogP contribution in [-0.4, -0.2) is 49.9 Å². The minimum atomic E-state index is -4.53. The molecule has 11 heteroatoms. The Balaban J connectivity index is 1.80. The Bertz CT molecular complexity index is 1190. The normalized spacial score (nSPS) is 16.2. The number of nitrogens with zero attached hydrogens (tertiary/aromatic N) is 3. The molecule has 0 aliphatic carbocycles. The number of nitrogens with one attached hydrogen (secondary N) is 2. The predicted molar refractivity (Wildman–Crippen MR) is 126 cm³/mol. The third kappa shape index (κ3) is 4.89. The van der Waals surface area contributed by atoms with Crippen LogP contribution in [0.15, 0.2) is 30.3 Å². The monoisotopic (exact) mass is 476 g/mol. The molecule has 2 heterocycles. The van der Waals surface area contributed by atoms with Crippen LogP contribution in [0.1, 0.15) is 18.9 Å². The minimum absolute atomic E-state index is 0.0160. The average molecular weight is 477 g/mol. The Morgan fingerprint density at radius 1 is 1.09 bits per heavy atom. The number of rotatable bonds is 7. The highest BCUT2D eigenvalue weighted by atomic mass is 19.4. The van der Waals surface area contributed by atoms with E-state index in [0.29, 0.717) is 28.9 Å². The summed E-state index contributed by atoms with van der Waals surface area (Å²) in [5.41, 5.74) is 5.56. The number of nitrogen functional groups attached to an aromatic ring is 1. The van der Waals surface area contributed by atoms with E-state index < -0.39 is 11.7 Å². The molecule has 34 heavy (non-hydrogen) atoms. The number of methoxy groups -OCH3 is 2. The molecule has 0 unspecified atom stereocenters. The standard InChI is InChI=1S/C23H27F3N6O2/c1-4-28-15-5-6-32(12-15)21-17-10-19(33-2)20(34-3)11-18(17)30-22(31-21)29-16-8-13(23(24,25)26)7-14(27)9-16/h7-11,15,28H,4-6,12,27H2,1-3H3,(H,29,30,31)/t15-/m0/s1. The number of alkyl halides is 3. The van der Waals surface area contributed by atoms with Gasteiger partial charge >= 0.3 is 6.18 Å². The third-order valence-electron chi connectivity index (χ3n) is 5.70. The van der Waals surface area contributed by atoms with E-state index in [0.717, 1.165) is 43.6 Å². The highest BCUT2D eigenvalue weighted by molar-refractivity contribution is 5.93. The Hall–Kier alpha value is -3.47. The maximum Gasteiger partial charge on any atom is 0.416 e. The Morgan fingerprint density at radius 3 is 2.50 bits per heavy atom. The van der Waals surface area contributed by atoms with Crippen LogP contribution in [0.3, 0.4) is 0 Å². The fourth-order valence-corrected chi connectivity index (χ4v) is 4.16. The molecule has 4 N–H and O–H groups in total. The van der Waals surface area contributed by atoms with E-state index in [1.54, 1.807) is 13.2 Å². The second kappa shape index (κ2) is 9.41. The van der Waals surface area contributed by atoms with Gasteiger partial charge < -0.3 is 30.7 Å². The molecule has 4 rings (SSSR count). The number of hydrogen-bond donors (Lipinski definition) is 3. The largest absolute Gasteiger partial charge is 0.493 e. The highest BCUT2D eigenvalue weighted by Crippen LogP contribution is 2.38. The zero-order valence-corrected chi connectivity index (χ0v) is 19.2. The lowest BCUT2D eigenvalue weighted by molar-refractivity contribution is -0.137. The third-order valence-corrected chi connectivity index (χ3v) is 5.70.